The summed E-state index contributed by atoms with van der Waals surface area (Å²) in [4.78, 5) is 0. The van der Waals surface area contributed by atoms with Gasteiger partial charge in [-0.2, -0.15) is 0 Å². The Kier molecular flexibility index (Phi) is 4.45. The van der Waals surface area contributed by atoms with Gasteiger partial charge in [0.25, 0.3) is 0 Å². The van der Waals surface area contributed by atoms with Crippen LogP contribution in [-0.2, 0) is 4.18 Å². The van der Waals surface area contributed by atoms with Crippen molar-refractivity contribution in [3.8, 4) is 0 Å². The molecule has 0 aliphatic heterocycles. The molecule has 0 unspecified atom stereocenters. The molecule has 0 fully saturated rings. The molecule has 0 amide bonds. The standard InChI is InChI=1S/C2H5BOS/c1-3-5-4-2/h1H2,2H3. The minimum atomic E-state index is 1.23. The van der Waals surface area contributed by atoms with Gasteiger partial charge in [-0.1, -0.05) is 0 Å². The number of rotatable bonds is 2. The van der Waals surface area contributed by atoms with E-state index in [1.807, 2.05) is 0 Å². The van der Waals surface area contributed by atoms with Crippen LogP contribution in [0.3, 0.4) is 0 Å². The molecule has 0 bridgehead atoms. The molecule has 0 atom stereocenters. The van der Waals surface area contributed by atoms with Crippen LogP contribution in [0.5, 0.6) is 0 Å². The Bertz CT molecular complexity index is 30.8. The van der Waals surface area contributed by atoms with Gasteiger partial charge in [0.05, 0.1) is 0 Å². The SMILES string of the molecule is C=BSOC. The molecule has 0 heterocycles. The van der Waals surface area contributed by atoms with E-state index in [1.165, 1.54) is 11.9 Å². The van der Waals surface area contributed by atoms with Crippen LogP contribution in [0.2, 0.25) is 0 Å². The van der Waals surface area contributed by atoms with Gasteiger partial charge in [0.1, 0.15) is 0 Å². The van der Waals surface area contributed by atoms with Gasteiger partial charge >= 0.3 is 35.9 Å². The van der Waals surface area contributed by atoms with E-state index in [0.29, 0.717) is 0 Å². The second kappa shape index (κ2) is 4.24. The van der Waals surface area contributed by atoms with Gasteiger partial charge in [0.15, 0.2) is 0 Å². The zero-order valence-corrected chi connectivity index (χ0v) is 3.92. The van der Waals surface area contributed by atoms with E-state index in [4.69, 9.17) is 0 Å². The zero-order chi connectivity index (χ0) is 4.12. The second-order valence-corrected chi connectivity index (χ2v) is 1.29. The van der Waals surface area contributed by atoms with Crippen molar-refractivity contribution in [3.05, 3.63) is 0 Å². The minimum absolute atomic E-state index is 1.23. The molecule has 0 aromatic heterocycles. The molecule has 3 heteroatoms. The molecule has 1 nitrogen and oxygen atoms in total. The Hall–Kier alpha value is 0.245. The van der Waals surface area contributed by atoms with Gasteiger partial charge in [-0.05, 0) is 0 Å². The molecule has 0 rings (SSSR count). The van der Waals surface area contributed by atoms with E-state index in [1.54, 1.807) is 13.3 Å². The van der Waals surface area contributed by atoms with Crippen molar-refractivity contribution in [3.63, 3.8) is 0 Å². The van der Waals surface area contributed by atoms with E-state index >= 15 is 0 Å². The van der Waals surface area contributed by atoms with Gasteiger partial charge in [-0.3, -0.25) is 0 Å². The molecular formula is C2H5BOS. The van der Waals surface area contributed by atoms with Crippen LogP contribution in [0.15, 0.2) is 0 Å². The average molecular weight is 87.9 g/mol. The van der Waals surface area contributed by atoms with E-state index in [2.05, 4.69) is 10.7 Å². The number of hydrogen-bond acceptors (Lipinski definition) is 2. The fourth-order valence-electron chi connectivity index (χ4n) is 0.0680. The van der Waals surface area contributed by atoms with Crippen LogP contribution in [-0.4, -0.2) is 19.8 Å². The Morgan fingerprint density at radius 2 is 2.60 bits per heavy atom. The van der Waals surface area contributed by atoms with Crippen molar-refractivity contribution in [1.29, 1.82) is 0 Å². The Morgan fingerprint density at radius 3 is 2.60 bits per heavy atom. The molecule has 0 radical (unpaired) electrons. The third-order valence-corrected chi connectivity index (χ3v) is 0.493. The fraction of sp³-hybridized carbons (Fsp3) is 0.500. The summed E-state index contributed by atoms with van der Waals surface area (Å²) >= 11 is 1.23. The first-order valence-electron chi connectivity index (χ1n) is 1.22. The summed E-state index contributed by atoms with van der Waals surface area (Å²) in [6.45, 7) is 3.39. The topological polar surface area (TPSA) is 9.23 Å². The first-order valence-corrected chi connectivity index (χ1v) is 2.02. The van der Waals surface area contributed by atoms with E-state index in [9.17, 15) is 0 Å². The summed E-state index contributed by atoms with van der Waals surface area (Å²) < 4.78 is 4.49. The van der Waals surface area contributed by atoms with Crippen molar-refractivity contribution in [2.75, 3.05) is 7.11 Å². The third kappa shape index (κ3) is 4.24. The van der Waals surface area contributed by atoms with Gasteiger partial charge in [-0.15, -0.1) is 0 Å². The first-order chi connectivity index (χ1) is 2.41. The molecule has 0 N–H and O–H groups in total. The quantitative estimate of drug-likeness (QED) is 0.355. The molecule has 0 spiro atoms. The van der Waals surface area contributed by atoms with Crippen LogP contribution in [0.1, 0.15) is 0 Å². The first kappa shape index (κ1) is 5.24. The van der Waals surface area contributed by atoms with Crippen LogP contribution in [0.4, 0.5) is 0 Å². The number of hydrogen-bond donors (Lipinski definition) is 0. The molecule has 0 saturated heterocycles. The summed E-state index contributed by atoms with van der Waals surface area (Å²) in [5.41, 5.74) is 0. The zero-order valence-electron chi connectivity index (χ0n) is 3.10. The summed E-state index contributed by atoms with van der Waals surface area (Å²) in [6, 6.07) is 0. The van der Waals surface area contributed by atoms with Crippen molar-refractivity contribution in [1.82, 2.24) is 0 Å². The molecule has 0 aromatic rings. The molecule has 28 valence electrons. The van der Waals surface area contributed by atoms with Crippen LogP contribution in [0, 0.1) is 0 Å². The van der Waals surface area contributed by atoms with Gasteiger partial charge < -0.3 is 0 Å². The summed E-state index contributed by atoms with van der Waals surface area (Å²) in [7, 11) is 1.60. The van der Waals surface area contributed by atoms with Gasteiger partial charge in [0, 0.05) is 0 Å². The Labute approximate surface area is 36.7 Å². The van der Waals surface area contributed by atoms with Crippen molar-refractivity contribution in [2.45, 2.75) is 0 Å². The molecular weight excluding hydrogens is 82.9 g/mol. The summed E-state index contributed by atoms with van der Waals surface area (Å²) in [5.74, 6) is 0. The second-order valence-electron chi connectivity index (χ2n) is 0.430. The average Bonchev–Trinajstić information content (AvgIpc) is 1.41. The van der Waals surface area contributed by atoms with Crippen LogP contribution < -0.4 is 0 Å². The van der Waals surface area contributed by atoms with E-state index in [0.717, 1.165) is 0 Å². The van der Waals surface area contributed by atoms with Crippen LogP contribution >= 0.6 is 11.9 Å². The van der Waals surface area contributed by atoms with Gasteiger partial charge in [-0.25, -0.2) is 0 Å². The monoisotopic (exact) mass is 88.0 g/mol. The molecule has 0 aromatic carbocycles. The Balaban J connectivity index is 2.40. The Morgan fingerprint density at radius 1 is 2.00 bits per heavy atom. The van der Waals surface area contributed by atoms with E-state index < -0.39 is 0 Å². The van der Waals surface area contributed by atoms with Crippen molar-refractivity contribution in [2.24, 2.45) is 0 Å². The normalized spacial score (nSPS) is 6.60. The maximum atomic E-state index is 4.49. The van der Waals surface area contributed by atoms with Gasteiger partial charge in [0.2, 0.25) is 0 Å². The molecule has 0 saturated carbocycles. The third-order valence-electron chi connectivity index (χ3n) is 0.164. The van der Waals surface area contributed by atoms with E-state index in [-0.39, 0.29) is 0 Å². The summed E-state index contributed by atoms with van der Waals surface area (Å²) in [5, 5.41) is 0. The van der Waals surface area contributed by atoms with Crippen molar-refractivity contribution < 1.29 is 4.18 Å². The molecule has 0 aliphatic rings. The maximum absolute atomic E-state index is 4.49. The molecule has 5 heavy (non-hydrogen) atoms. The fourth-order valence-corrected chi connectivity index (χ4v) is 0.204. The molecule has 0 aliphatic carbocycles. The van der Waals surface area contributed by atoms with Crippen molar-refractivity contribution >= 4 is 24.6 Å². The predicted octanol–water partition coefficient (Wildman–Crippen LogP) is 0.332. The van der Waals surface area contributed by atoms with Crippen LogP contribution in [0.25, 0.3) is 0 Å². The predicted molar refractivity (Wildman–Crippen MR) is 27.5 cm³/mol. The summed E-state index contributed by atoms with van der Waals surface area (Å²) in [6.07, 6.45) is 1.62.